The van der Waals surface area contributed by atoms with Gasteiger partial charge in [0.05, 0.1) is 11.3 Å². The predicted octanol–water partition coefficient (Wildman–Crippen LogP) is 4.04. The Kier molecular flexibility index (Phi) is 7.15. The van der Waals surface area contributed by atoms with Crippen molar-refractivity contribution in [2.45, 2.75) is 12.5 Å². The highest BCUT2D eigenvalue weighted by molar-refractivity contribution is 7.10. The summed E-state index contributed by atoms with van der Waals surface area (Å²) in [6.45, 7) is 2.16. The lowest BCUT2D eigenvalue weighted by molar-refractivity contribution is 0.0990. The number of ether oxygens (including phenoxy) is 1. The summed E-state index contributed by atoms with van der Waals surface area (Å²) in [4.78, 5) is 25.1. The number of carbonyl (C=O) groups is 1. The molecule has 33 heavy (non-hydrogen) atoms. The summed E-state index contributed by atoms with van der Waals surface area (Å²) in [5.74, 6) is 1.54. The third-order valence-electron chi connectivity index (χ3n) is 5.80. The van der Waals surface area contributed by atoms with E-state index in [9.17, 15) is 4.79 Å². The van der Waals surface area contributed by atoms with Gasteiger partial charge in [-0.15, -0.1) is 11.3 Å². The molecule has 0 radical (unpaired) electrons. The number of fused-ring (bicyclic) bond motifs is 1. The second-order valence-corrected chi connectivity index (χ2v) is 9.32. The molecule has 7 nitrogen and oxygen atoms in total. The molecule has 1 unspecified atom stereocenters. The molecule has 3 heterocycles. The van der Waals surface area contributed by atoms with Crippen LogP contribution in [0.1, 0.15) is 27.8 Å². The third kappa shape index (κ3) is 5.12. The van der Waals surface area contributed by atoms with E-state index < -0.39 is 0 Å². The molecule has 8 heteroatoms. The molecule has 0 spiro atoms. The van der Waals surface area contributed by atoms with Gasteiger partial charge in [-0.05, 0) is 37.2 Å². The van der Waals surface area contributed by atoms with Gasteiger partial charge < -0.3 is 24.8 Å². The molecule has 1 aromatic carbocycles. The van der Waals surface area contributed by atoms with E-state index in [1.165, 1.54) is 4.88 Å². The van der Waals surface area contributed by atoms with Crippen LogP contribution in [-0.2, 0) is 0 Å². The molecule has 1 aliphatic heterocycles. The number of amides is 1. The van der Waals surface area contributed by atoms with Gasteiger partial charge >= 0.3 is 0 Å². The molecule has 0 saturated carbocycles. The zero-order valence-corrected chi connectivity index (χ0v) is 20.4. The zero-order valence-electron chi connectivity index (χ0n) is 19.6. The molecule has 4 rings (SSSR count). The quantitative estimate of drug-likeness (QED) is 0.542. The van der Waals surface area contributed by atoms with Crippen molar-refractivity contribution in [1.82, 2.24) is 10.3 Å². The Balaban J connectivity index is 1.60. The van der Waals surface area contributed by atoms with Gasteiger partial charge in [0.1, 0.15) is 17.7 Å². The van der Waals surface area contributed by atoms with Crippen molar-refractivity contribution in [2.24, 2.45) is 0 Å². The van der Waals surface area contributed by atoms with Gasteiger partial charge in [0.15, 0.2) is 0 Å². The van der Waals surface area contributed by atoms with Crippen LogP contribution in [0.25, 0.3) is 0 Å². The summed E-state index contributed by atoms with van der Waals surface area (Å²) in [7, 11) is 7.86. The lowest BCUT2D eigenvalue weighted by Crippen LogP contribution is -2.33. The minimum absolute atomic E-state index is 0.0342. The van der Waals surface area contributed by atoms with Crippen LogP contribution in [0.3, 0.4) is 0 Å². The van der Waals surface area contributed by atoms with Crippen molar-refractivity contribution in [3.8, 4) is 5.75 Å². The maximum Gasteiger partial charge on any atom is 0.262 e. The normalized spacial score (nSPS) is 14.6. The minimum Gasteiger partial charge on any atom is -0.485 e. The molecular formula is C25H31N5O2S. The van der Waals surface area contributed by atoms with Crippen LogP contribution in [0.15, 0.2) is 54.0 Å². The molecule has 0 bridgehead atoms. The van der Waals surface area contributed by atoms with Gasteiger partial charge in [-0.1, -0.05) is 12.1 Å². The maximum atomic E-state index is 13.5. The van der Waals surface area contributed by atoms with Crippen LogP contribution in [0, 0.1) is 0 Å². The largest absolute Gasteiger partial charge is 0.485 e. The Morgan fingerprint density at radius 3 is 2.79 bits per heavy atom. The van der Waals surface area contributed by atoms with Crippen molar-refractivity contribution in [1.29, 1.82) is 0 Å². The summed E-state index contributed by atoms with van der Waals surface area (Å²) >= 11 is 1.70. The minimum atomic E-state index is -0.0469. The molecule has 1 aliphatic rings. The van der Waals surface area contributed by atoms with E-state index in [0.29, 0.717) is 12.1 Å². The summed E-state index contributed by atoms with van der Waals surface area (Å²) in [5.41, 5.74) is 2.34. The van der Waals surface area contributed by atoms with Crippen molar-refractivity contribution in [2.75, 3.05) is 62.5 Å². The summed E-state index contributed by atoms with van der Waals surface area (Å²) in [6.07, 6.45) is 2.52. The fourth-order valence-electron chi connectivity index (χ4n) is 3.92. The number of hydrogen-bond acceptors (Lipinski definition) is 7. The fourth-order valence-corrected chi connectivity index (χ4v) is 4.71. The molecule has 174 valence electrons. The van der Waals surface area contributed by atoms with Gasteiger partial charge in [-0.25, -0.2) is 4.98 Å². The number of nitrogens with one attached hydrogen (secondary N) is 1. The highest BCUT2D eigenvalue weighted by Crippen LogP contribution is 2.33. The molecule has 0 fully saturated rings. The van der Waals surface area contributed by atoms with E-state index in [1.54, 1.807) is 17.5 Å². The predicted molar refractivity (Wildman–Crippen MR) is 136 cm³/mol. The summed E-state index contributed by atoms with van der Waals surface area (Å²) in [5, 5.41) is 5.27. The Morgan fingerprint density at radius 2 is 2.06 bits per heavy atom. The van der Waals surface area contributed by atoms with Gasteiger partial charge in [0.25, 0.3) is 5.91 Å². The van der Waals surface area contributed by atoms with Gasteiger partial charge in [-0.2, -0.15) is 0 Å². The fraction of sp³-hybridized carbons (Fsp3) is 0.360. The average Bonchev–Trinajstić information content (AvgIpc) is 3.32. The number of benzene rings is 1. The number of nitrogens with zero attached hydrogens (tertiary/aromatic N) is 4. The van der Waals surface area contributed by atoms with Crippen molar-refractivity contribution in [3.63, 3.8) is 0 Å². The number of carbonyl (C=O) groups excluding carboxylic acids is 1. The SMILES string of the molecule is CNCCC(Oc1cccc(N2CCN(C)c3cc(N(C)C)ncc3C2=O)c1)c1cccs1. The van der Waals surface area contributed by atoms with Crippen LogP contribution in [0.5, 0.6) is 5.75 Å². The average molecular weight is 466 g/mol. The Bertz CT molecular complexity index is 1090. The number of rotatable bonds is 8. The second kappa shape index (κ2) is 10.2. The first-order valence-electron chi connectivity index (χ1n) is 11.1. The van der Waals surface area contributed by atoms with E-state index in [4.69, 9.17) is 4.74 Å². The van der Waals surface area contributed by atoms with Crippen LogP contribution in [0.4, 0.5) is 17.2 Å². The highest BCUT2D eigenvalue weighted by Gasteiger charge is 2.27. The van der Waals surface area contributed by atoms with Crippen LogP contribution >= 0.6 is 11.3 Å². The van der Waals surface area contributed by atoms with Gasteiger partial charge in [-0.3, -0.25) is 4.79 Å². The number of anilines is 3. The molecule has 3 aromatic rings. The zero-order chi connectivity index (χ0) is 23.4. The van der Waals surface area contributed by atoms with Gasteiger partial charge in [0.2, 0.25) is 0 Å². The first-order chi connectivity index (χ1) is 16.0. The van der Waals surface area contributed by atoms with E-state index in [2.05, 4.69) is 26.6 Å². The van der Waals surface area contributed by atoms with Crippen LogP contribution in [0.2, 0.25) is 0 Å². The third-order valence-corrected chi connectivity index (χ3v) is 6.76. The number of pyridine rings is 1. The molecule has 1 N–H and O–H groups in total. The Labute approximate surface area is 199 Å². The summed E-state index contributed by atoms with van der Waals surface area (Å²) < 4.78 is 6.40. The van der Waals surface area contributed by atoms with E-state index in [1.807, 2.05) is 74.4 Å². The van der Waals surface area contributed by atoms with Crippen LogP contribution in [-0.4, -0.2) is 58.7 Å². The smallest absolute Gasteiger partial charge is 0.262 e. The molecule has 2 aromatic heterocycles. The molecule has 0 saturated heterocycles. The van der Waals surface area contributed by atoms with Crippen molar-refractivity contribution >= 4 is 34.4 Å². The Hall–Kier alpha value is -3.10. The summed E-state index contributed by atoms with van der Waals surface area (Å²) in [6, 6.07) is 14.0. The first kappa shape index (κ1) is 23.1. The Morgan fingerprint density at radius 1 is 1.21 bits per heavy atom. The van der Waals surface area contributed by atoms with E-state index in [0.717, 1.165) is 42.5 Å². The van der Waals surface area contributed by atoms with Crippen molar-refractivity contribution in [3.05, 3.63) is 64.5 Å². The molecule has 1 amide bonds. The molecule has 1 atom stereocenters. The number of likely N-dealkylation sites (N-methyl/N-ethyl adjacent to an activating group) is 1. The lowest BCUT2D eigenvalue weighted by atomic mass is 10.1. The number of hydrogen-bond donors (Lipinski definition) is 1. The van der Waals surface area contributed by atoms with Crippen LogP contribution < -0.4 is 24.8 Å². The first-order valence-corrected chi connectivity index (χ1v) is 12.0. The van der Waals surface area contributed by atoms with Crippen molar-refractivity contribution < 1.29 is 9.53 Å². The topological polar surface area (TPSA) is 60.9 Å². The second-order valence-electron chi connectivity index (χ2n) is 8.34. The lowest BCUT2D eigenvalue weighted by Gasteiger charge is -2.23. The standard InChI is InChI=1S/C25H31N5O2S/c1-26-11-10-22(23-9-6-14-33-23)32-19-8-5-7-18(15-19)30-13-12-29(4)21-16-24(28(2)3)27-17-20(21)25(30)31/h5-9,14-17,22,26H,10-13H2,1-4H3. The number of thiophene rings is 1. The van der Waals surface area contributed by atoms with E-state index in [-0.39, 0.29) is 12.0 Å². The van der Waals surface area contributed by atoms with E-state index >= 15 is 0 Å². The highest BCUT2D eigenvalue weighted by atomic mass is 32.1. The maximum absolute atomic E-state index is 13.5. The monoisotopic (exact) mass is 465 g/mol. The number of aromatic nitrogens is 1. The molecule has 0 aliphatic carbocycles. The molecular weight excluding hydrogens is 434 g/mol. The van der Waals surface area contributed by atoms with Gasteiger partial charge in [0, 0.05) is 69.5 Å².